The van der Waals surface area contributed by atoms with Gasteiger partial charge < -0.3 is 4.74 Å². The first kappa shape index (κ1) is 16.8. The zero-order chi connectivity index (χ0) is 15.2. The Labute approximate surface area is 113 Å². The monoisotopic (exact) mass is 299 g/mol. The van der Waals surface area contributed by atoms with E-state index < -0.39 is 25.0 Å². The summed E-state index contributed by atoms with van der Waals surface area (Å²) >= 11 is 0. The second-order valence-corrected chi connectivity index (χ2v) is 4.18. The minimum absolute atomic E-state index is 0.296. The fourth-order valence-corrected chi connectivity index (χ4v) is 1.52. The van der Waals surface area contributed by atoms with E-state index in [0.29, 0.717) is 12.2 Å². The van der Waals surface area contributed by atoms with Crippen LogP contribution in [0.15, 0.2) is 6.20 Å². The summed E-state index contributed by atoms with van der Waals surface area (Å²) in [6, 6.07) is -0.662. The van der Waals surface area contributed by atoms with Crippen molar-refractivity contribution in [1.29, 1.82) is 0 Å². The van der Waals surface area contributed by atoms with Crippen molar-refractivity contribution in [1.82, 2.24) is 20.4 Å². The van der Waals surface area contributed by atoms with Crippen molar-refractivity contribution in [2.24, 2.45) is 5.84 Å². The van der Waals surface area contributed by atoms with Crippen LogP contribution in [0.3, 0.4) is 0 Å². The van der Waals surface area contributed by atoms with Crippen molar-refractivity contribution in [3.05, 3.63) is 11.9 Å². The molecule has 0 aliphatic carbocycles. The Balaban J connectivity index is 2.57. The van der Waals surface area contributed by atoms with Crippen LogP contribution in [0.4, 0.5) is 17.6 Å². The molecular formula is C10H17F4N5O. The minimum Gasteiger partial charge on any atom is -0.373 e. The van der Waals surface area contributed by atoms with Gasteiger partial charge in [0.1, 0.15) is 6.61 Å². The molecule has 0 aliphatic heterocycles. The molecule has 20 heavy (non-hydrogen) atoms. The number of nitrogens with two attached hydrogens (primary N) is 1. The van der Waals surface area contributed by atoms with E-state index in [9.17, 15) is 17.6 Å². The standard InChI is InChI=1S/C10H17F4N5O/c1-2-3-19-8(4-16-18-19)7(17-15)5-20-6-10(13,14)9(11)12/h4,7,9,17H,2-3,5-6,15H2,1H3. The molecule has 0 amide bonds. The van der Waals surface area contributed by atoms with Gasteiger partial charge in [-0.15, -0.1) is 5.10 Å². The molecule has 0 saturated carbocycles. The number of hydrazine groups is 1. The molecule has 0 radical (unpaired) electrons. The second kappa shape index (κ2) is 7.50. The Hall–Kier alpha value is -1.26. The first-order chi connectivity index (χ1) is 9.42. The Morgan fingerprint density at radius 2 is 2.20 bits per heavy atom. The quantitative estimate of drug-likeness (QED) is 0.406. The Bertz CT molecular complexity index is 401. The first-order valence-corrected chi connectivity index (χ1v) is 6.00. The van der Waals surface area contributed by atoms with Gasteiger partial charge in [0.05, 0.1) is 24.5 Å². The molecule has 1 aromatic rings. The molecule has 1 atom stereocenters. The number of hydrogen-bond acceptors (Lipinski definition) is 5. The van der Waals surface area contributed by atoms with Gasteiger partial charge in [0, 0.05) is 6.54 Å². The third-order valence-corrected chi connectivity index (χ3v) is 2.54. The maximum absolute atomic E-state index is 12.7. The molecule has 1 heterocycles. The van der Waals surface area contributed by atoms with Gasteiger partial charge in [-0.05, 0) is 6.42 Å². The third-order valence-electron chi connectivity index (χ3n) is 2.54. The van der Waals surface area contributed by atoms with Gasteiger partial charge in [-0.3, -0.25) is 5.84 Å². The van der Waals surface area contributed by atoms with Crippen molar-refractivity contribution < 1.29 is 22.3 Å². The van der Waals surface area contributed by atoms with Crippen molar-refractivity contribution >= 4 is 0 Å². The number of rotatable bonds is 9. The Morgan fingerprint density at radius 3 is 2.75 bits per heavy atom. The Morgan fingerprint density at radius 1 is 1.50 bits per heavy atom. The number of nitrogens with one attached hydrogen (secondary N) is 1. The molecule has 116 valence electrons. The number of aryl methyl sites for hydroxylation is 1. The van der Waals surface area contributed by atoms with E-state index in [1.54, 1.807) is 4.68 Å². The number of hydrogen-bond donors (Lipinski definition) is 2. The lowest BCUT2D eigenvalue weighted by Gasteiger charge is -2.19. The molecule has 3 N–H and O–H groups in total. The van der Waals surface area contributed by atoms with Crippen LogP contribution in [0.1, 0.15) is 25.1 Å². The molecule has 1 unspecified atom stereocenters. The van der Waals surface area contributed by atoms with Crippen molar-refractivity contribution in [3.8, 4) is 0 Å². The SMILES string of the molecule is CCCn1nncc1C(COCC(F)(F)C(F)F)NN. The maximum atomic E-state index is 12.7. The molecule has 0 aliphatic rings. The highest BCUT2D eigenvalue weighted by Crippen LogP contribution is 2.23. The fourth-order valence-electron chi connectivity index (χ4n) is 1.52. The zero-order valence-corrected chi connectivity index (χ0v) is 10.9. The van der Waals surface area contributed by atoms with Crippen molar-refractivity contribution in [3.63, 3.8) is 0 Å². The van der Waals surface area contributed by atoms with E-state index in [4.69, 9.17) is 5.84 Å². The van der Waals surface area contributed by atoms with E-state index in [0.717, 1.165) is 6.42 Å². The van der Waals surface area contributed by atoms with Crippen LogP contribution in [0, 0.1) is 0 Å². The summed E-state index contributed by atoms with van der Waals surface area (Å²) < 4.78 is 55.5. The zero-order valence-electron chi connectivity index (χ0n) is 10.9. The minimum atomic E-state index is -4.18. The molecule has 0 bridgehead atoms. The molecule has 10 heteroatoms. The summed E-state index contributed by atoms with van der Waals surface area (Å²) in [6.07, 6.45) is -1.56. The van der Waals surface area contributed by atoms with Crippen LogP contribution in [0.2, 0.25) is 0 Å². The van der Waals surface area contributed by atoms with Gasteiger partial charge in [0.2, 0.25) is 0 Å². The molecule has 0 saturated heterocycles. The second-order valence-electron chi connectivity index (χ2n) is 4.18. The van der Waals surface area contributed by atoms with Crippen molar-refractivity contribution in [2.45, 2.75) is 38.3 Å². The smallest absolute Gasteiger partial charge is 0.330 e. The molecule has 0 fully saturated rings. The predicted molar refractivity (Wildman–Crippen MR) is 62.1 cm³/mol. The van der Waals surface area contributed by atoms with Crippen LogP contribution in [-0.2, 0) is 11.3 Å². The molecule has 6 nitrogen and oxygen atoms in total. The topological polar surface area (TPSA) is 78.0 Å². The summed E-state index contributed by atoms with van der Waals surface area (Å²) in [6.45, 7) is 0.824. The average molecular weight is 299 g/mol. The highest BCUT2D eigenvalue weighted by atomic mass is 19.3. The summed E-state index contributed by atoms with van der Waals surface area (Å²) in [5.74, 6) is 1.12. The van der Waals surface area contributed by atoms with E-state index >= 15 is 0 Å². The van der Waals surface area contributed by atoms with Crippen LogP contribution in [0.5, 0.6) is 0 Å². The maximum Gasteiger partial charge on any atom is 0.330 e. The van der Waals surface area contributed by atoms with Gasteiger partial charge in [-0.2, -0.15) is 8.78 Å². The number of aromatic nitrogens is 3. The number of alkyl halides is 4. The number of nitrogens with zero attached hydrogens (tertiary/aromatic N) is 3. The van der Waals surface area contributed by atoms with Gasteiger partial charge >= 0.3 is 12.3 Å². The van der Waals surface area contributed by atoms with Gasteiger partial charge in [0.25, 0.3) is 0 Å². The van der Waals surface area contributed by atoms with Gasteiger partial charge in [-0.1, -0.05) is 12.1 Å². The van der Waals surface area contributed by atoms with E-state index in [1.807, 2.05) is 6.92 Å². The first-order valence-electron chi connectivity index (χ1n) is 6.00. The molecule has 1 rings (SSSR count). The van der Waals surface area contributed by atoms with Crippen molar-refractivity contribution in [2.75, 3.05) is 13.2 Å². The Kier molecular flexibility index (Phi) is 6.30. The lowest BCUT2D eigenvalue weighted by atomic mass is 10.2. The average Bonchev–Trinajstić information content (AvgIpc) is 2.83. The summed E-state index contributed by atoms with van der Waals surface area (Å²) in [5.41, 5.74) is 2.90. The van der Waals surface area contributed by atoms with Crippen LogP contribution < -0.4 is 11.3 Å². The molecule has 1 aromatic heterocycles. The van der Waals surface area contributed by atoms with E-state index in [-0.39, 0.29) is 6.61 Å². The normalized spacial score (nSPS) is 13.9. The van der Waals surface area contributed by atoms with Crippen LogP contribution in [-0.4, -0.2) is 40.6 Å². The molecular weight excluding hydrogens is 282 g/mol. The number of ether oxygens (including phenoxy) is 1. The summed E-state index contributed by atoms with van der Waals surface area (Å²) in [5, 5.41) is 7.50. The molecule has 0 aromatic carbocycles. The third kappa shape index (κ3) is 4.39. The highest BCUT2D eigenvalue weighted by molar-refractivity contribution is 5.01. The van der Waals surface area contributed by atoms with Gasteiger partial charge in [0.15, 0.2) is 0 Å². The van der Waals surface area contributed by atoms with E-state index in [2.05, 4.69) is 20.5 Å². The highest BCUT2D eigenvalue weighted by Gasteiger charge is 2.41. The largest absolute Gasteiger partial charge is 0.373 e. The lowest BCUT2D eigenvalue weighted by molar-refractivity contribution is -0.167. The summed E-state index contributed by atoms with van der Waals surface area (Å²) in [4.78, 5) is 0. The number of halogens is 4. The van der Waals surface area contributed by atoms with Crippen LogP contribution >= 0.6 is 0 Å². The lowest BCUT2D eigenvalue weighted by Crippen LogP contribution is -2.37. The predicted octanol–water partition coefficient (Wildman–Crippen LogP) is 1.11. The molecule has 0 spiro atoms. The summed E-state index contributed by atoms with van der Waals surface area (Å²) in [7, 11) is 0. The fraction of sp³-hybridized carbons (Fsp3) is 0.800. The van der Waals surface area contributed by atoms with Gasteiger partial charge in [-0.25, -0.2) is 18.9 Å². The van der Waals surface area contributed by atoms with E-state index in [1.165, 1.54) is 6.20 Å². The van der Waals surface area contributed by atoms with Crippen LogP contribution in [0.25, 0.3) is 0 Å².